The first-order valence-corrected chi connectivity index (χ1v) is 15.3. The van der Waals surface area contributed by atoms with E-state index in [1.165, 1.54) is 16.7 Å². The van der Waals surface area contributed by atoms with Crippen molar-refractivity contribution in [3.8, 4) is 22.7 Å². The summed E-state index contributed by atoms with van der Waals surface area (Å²) in [5, 5.41) is 12.2. The maximum Gasteiger partial charge on any atom is 0.300 e. The van der Waals surface area contributed by atoms with Crippen molar-refractivity contribution in [3.05, 3.63) is 83.9 Å². The van der Waals surface area contributed by atoms with E-state index in [0.29, 0.717) is 27.9 Å². The van der Waals surface area contributed by atoms with E-state index in [2.05, 4.69) is 6.58 Å². The van der Waals surface area contributed by atoms with Gasteiger partial charge < -0.3 is 9.84 Å². The third-order valence-corrected chi connectivity index (χ3v) is 9.02. The molecule has 2 aromatic carbocycles. The minimum Gasteiger partial charge on any atom is -0.490 e. The second-order valence-electron chi connectivity index (χ2n) is 8.96. The quantitative estimate of drug-likeness (QED) is 0.237. The Balaban J connectivity index is 0.000000867. The van der Waals surface area contributed by atoms with E-state index < -0.39 is 21.8 Å². The van der Waals surface area contributed by atoms with Crippen LogP contribution in [0.4, 0.5) is 0 Å². The summed E-state index contributed by atoms with van der Waals surface area (Å²) in [5.41, 5.74) is 3.19. The van der Waals surface area contributed by atoms with Crippen molar-refractivity contribution < 1.29 is 27.9 Å². The average Bonchev–Trinajstić information content (AvgIpc) is 3.58. The summed E-state index contributed by atoms with van der Waals surface area (Å²) in [4.78, 5) is 24.2. The number of aliphatic carboxylic acids is 1. The molecule has 0 radical (unpaired) electrons. The topological polar surface area (TPSA) is 119 Å². The first-order chi connectivity index (χ1) is 19.1. The summed E-state index contributed by atoms with van der Waals surface area (Å²) in [5.74, 6) is -0.355. The number of nitrogens with zero attached hydrogens (tertiary/aromatic N) is 3. The molecule has 3 aromatic rings. The molecule has 0 aliphatic carbocycles. The molecule has 2 saturated heterocycles. The molecule has 2 fully saturated rings. The van der Waals surface area contributed by atoms with Crippen molar-refractivity contribution in [2.75, 3.05) is 18.1 Å². The van der Waals surface area contributed by atoms with E-state index in [0.717, 1.165) is 29.5 Å². The van der Waals surface area contributed by atoms with E-state index in [1.807, 2.05) is 60.8 Å². The summed E-state index contributed by atoms with van der Waals surface area (Å²) in [6.45, 7) is 5.16. The predicted molar refractivity (Wildman–Crippen MR) is 160 cm³/mol. The molecule has 1 unspecified atom stereocenters. The standard InChI is InChI=1S/C26H23N3O4S3.C2H4O2/c1-2-13-33-22-10-8-18(9-11-22)24-19(16-28(27-24)20-6-4-3-5-7-20)15-23-25(30)29(26(34)35-23)21-12-14-36(31,32)17-21;1-2(3)4/h2-11,15-16,21H,1,12-14,17H2;1H3,(H,3,4)/b23-15-;. The second kappa shape index (κ2) is 12.6. The molecule has 9 nitrogen and oxygen atoms in total. The van der Waals surface area contributed by atoms with Crippen LogP contribution in [0, 0.1) is 0 Å². The Morgan fingerprint density at radius 1 is 1.23 bits per heavy atom. The summed E-state index contributed by atoms with van der Waals surface area (Å²) in [7, 11) is -3.15. The number of para-hydroxylation sites is 1. The number of benzene rings is 2. The number of ether oxygens (including phenoxy) is 1. The van der Waals surface area contributed by atoms with E-state index >= 15 is 0 Å². The number of carboxylic acids is 1. The zero-order valence-corrected chi connectivity index (χ0v) is 24.0. The highest BCUT2D eigenvalue weighted by molar-refractivity contribution is 8.26. The largest absolute Gasteiger partial charge is 0.490 e. The molecule has 0 bridgehead atoms. The SMILES string of the molecule is C=CCOc1ccc(-c2nn(-c3ccccc3)cc2/C=C2\SC(=S)N(C3CCS(=O)(=O)C3)C2=O)cc1.CC(=O)O. The highest BCUT2D eigenvalue weighted by Gasteiger charge is 2.42. The summed E-state index contributed by atoms with van der Waals surface area (Å²) >= 11 is 6.66. The van der Waals surface area contributed by atoms with E-state index in [9.17, 15) is 13.2 Å². The van der Waals surface area contributed by atoms with Gasteiger partial charge >= 0.3 is 0 Å². The van der Waals surface area contributed by atoms with Crippen molar-refractivity contribution in [1.29, 1.82) is 0 Å². The summed E-state index contributed by atoms with van der Waals surface area (Å²) in [6, 6.07) is 16.9. The molecule has 40 heavy (non-hydrogen) atoms. The second-order valence-corrected chi connectivity index (χ2v) is 12.9. The van der Waals surface area contributed by atoms with Crippen LogP contribution in [0.25, 0.3) is 23.0 Å². The van der Waals surface area contributed by atoms with Crippen molar-refractivity contribution >= 4 is 56.1 Å². The summed E-state index contributed by atoms with van der Waals surface area (Å²) < 4.78 is 31.7. The molecule has 3 heterocycles. The van der Waals surface area contributed by atoms with Gasteiger partial charge in [0.15, 0.2) is 9.84 Å². The molecule has 208 valence electrons. The predicted octanol–water partition coefficient (Wildman–Crippen LogP) is 4.58. The lowest BCUT2D eigenvalue weighted by Gasteiger charge is -2.20. The van der Waals surface area contributed by atoms with Crippen LogP contribution in [0.15, 0.2) is 78.4 Å². The smallest absolute Gasteiger partial charge is 0.300 e. The fourth-order valence-electron chi connectivity index (χ4n) is 4.21. The van der Waals surface area contributed by atoms with Gasteiger partial charge in [0.05, 0.1) is 33.8 Å². The van der Waals surface area contributed by atoms with Crippen LogP contribution in [0.5, 0.6) is 5.75 Å². The molecule has 2 aliphatic rings. The third kappa shape index (κ3) is 7.06. The fourth-order valence-corrected chi connectivity index (χ4v) is 7.30. The van der Waals surface area contributed by atoms with Gasteiger partial charge in [-0.05, 0) is 48.9 Å². The van der Waals surface area contributed by atoms with Gasteiger partial charge in [-0.3, -0.25) is 14.5 Å². The molecule has 0 saturated carbocycles. The monoisotopic (exact) mass is 597 g/mol. The van der Waals surface area contributed by atoms with Crippen LogP contribution in [-0.4, -0.2) is 68.6 Å². The van der Waals surface area contributed by atoms with Crippen LogP contribution in [-0.2, 0) is 19.4 Å². The molecule has 1 atom stereocenters. The van der Waals surface area contributed by atoms with E-state index in [4.69, 9.17) is 32.0 Å². The summed E-state index contributed by atoms with van der Waals surface area (Å²) in [6.07, 6.45) is 5.75. The van der Waals surface area contributed by atoms with Crippen LogP contribution in [0.2, 0.25) is 0 Å². The number of amides is 1. The molecular formula is C28H27N3O6S3. The normalized spacial score (nSPS) is 18.9. The van der Waals surface area contributed by atoms with Crippen LogP contribution < -0.4 is 4.74 Å². The number of hydrogen-bond donors (Lipinski definition) is 1. The molecule has 2 aliphatic heterocycles. The van der Waals surface area contributed by atoms with E-state index in [-0.39, 0.29) is 17.4 Å². The average molecular weight is 598 g/mol. The first kappa shape index (κ1) is 29.2. The minimum atomic E-state index is -3.15. The number of rotatable bonds is 7. The van der Waals surface area contributed by atoms with Gasteiger partial charge in [-0.2, -0.15) is 5.10 Å². The van der Waals surface area contributed by atoms with Crippen molar-refractivity contribution in [1.82, 2.24) is 14.7 Å². The lowest BCUT2D eigenvalue weighted by Crippen LogP contribution is -2.39. The Kier molecular flexibility index (Phi) is 9.23. The lowest BCUT2D eigenvalue weighted by molar-refractivity contribution is -0.134. The molecule has 1 amide bonds. The Bertz CT molecular complexity index is 1560. The van der Waals surface area contributed by atoms with Crippen LogP contribution in [0.1, 0.15) is 18.9 Å². The zero-order chi connectivity index (χ0) is 28.9. The van der Waals surface area contributed by atoms with Crippen molar-refractivity contribution in [2.45, 2.75) is 19.4 Å². The number of carboxylic acid groups (broad SMARTS) is 1. The van der Waals surface area contributed by atoms with Crippen LogP contribution in [0.3, 0.4) is 0 Å². The number of hydrogen-bond acceptors (Lipinski definition) is 8. The lowest BCUT2D eigenvalue weighted by atomic mass is 10.1. The zero-order valence-electron chi connectivity index (χ0n) is 21.6. The molecule has 1 N–H and O–H groups in total. The molecule has 0 spiro atoms. The molecular weight excluding hydrogens is 571 g/mol. The maximum atomic E-state index is 13.3. The van der Waals surface area contributed by atoms with Crippen molar-refractivity contribution in [3.63, 3.8) is 0 Å². The Morgan fingerprint density at radius 3 is 2.50 bits per heavy atom. The van der Waals surface area contributed by atoms with Gasteiger partial charge in [0.1, 0.15) is 16.7 Å². The van der Waals surface area contributed by atoms with Gasteiger partial charge in [-0.15, -0.1) is 0 Å². The highest BCUT2D eigenvalue weighted by atomic mass is 32.2. The minimum absolute atomic E-state index is 0.0514. The molecule has 1 aromatic heterocycles. The Morgan fingerprint density at radius 2 is 1.90 bits per heavy atom. The Hall–Kier alpha value is -3.74. The maximum absolute atomic E-state index is 13.3. The number of carbonyl (C=O) groups excluding carboxylic acids is 1. The van der Waals surface area contributed by atoms with Gasteiger partial charge in [0, 0.05) is 24.2 Å². The van der Waals surface area contributed by atoms with Crippen molar-refractivity contribution in [2.24, 2.45) is 0 Å². The number of aromatic nitrogens is 2. The number of thioether (sulfide) groups is 1. The Labute approximate surface area is 242 Å². The van der Waals surface area contributed by atoms with Gasteiger partial charge in [-0.1, -0.05) is 54.8 Å². The first-order valence-electron chi connectivity index (χ1n) is 12.2. The van der Waals surface area contributed by atoms with E-state index in [1.54, 1.807) is 16.8 Å². The van der Waals surface area contributed by atoms with Gasteiger partial charge in [0.2, 0.25) is 0 Å². The number of thiocarbonyl (C=S) groups is 1. The fraction of sp³-hybridized carbons (Fsp3) is 0.214. The van der Waals surface area contributed by atoms with Gasteiger partial charge in [-0.25, -0.2) is 13.1 Å². The highest BCUT2D eigenvalue weighted by Crippen LogP contribution is 2.38. The van der Waals surface area contributed by atoms with Crippen LogP contribution >= 0.6 is 24.0 Å². The molecule has 5 rings (SSSR count). The number of carbonyl (C=O) groups is 2. The third-order valence-electron chi connectivity index (χ3n) is 5.94. The van der Waals surface area contributed by atoms with Gasteiger partial charge in [0.25, 0.3) is 11.9 Å². The number of sulfone groups is 1. The molecule has 12 heteroatoms.